The van der Waals surface area contributed by atoms with Crippen molar-refractivity contribution in [1.29, 1.82) is 0 Å². The van der Waals surface area contributed by atoms with Crippen LogP contribution in [0.25, 0.3) is 0 Å². The van der Waals surface area contributed by atoms with E-state index in [1.54, 1.807) is 32.0 Å². The van der Waals surface area contributed by atoms with Crippen molar-refractivity contribution < 1.29 is 19.7 Å². The molecule has 0 radical (unpaired) electrons. The molecule has 2 atom stereocenters. The molecular formula is C13H17BrO4. The van der Waals surface area contributed by atoms with E-state index in [-0.39, 0.29) is 5.92 Å². The summed E-state index contributed by atoms with van der Waals surface area (Å²) >= 11 is 3.30. The quantitative estimate of drug-likeness (QED) is 0.876. The second-order valence-electron chi connectivity index (χ2n) is 4.44. The van der Waals surface area contributed by atoms with Crippen LogP contribution in [-0.2, 0) is 4.79 Å². The predicted molar refractivity (Wildman–Crippen MR) is 71.6 cm³/mol. The average molecular weight is 317 g/mol. The minimum Gasteiger partial charge on any atom is -0.496 e. The van der Waals surface area contributed by atoms with Gasteiger partial charge in [0.15, 0.2) is 0 Å². The normalized spacial score (nSPS) is 14.3. The average Bonchev–Trinajstić information content (AvgIpc) is 2.27. The van der Waals surface area contributed by atoms with Gasteiger partial charge in [0.05, 0.1) is 19.1 Å². The van der Waals surface area contributed by atoms with Gasteiger partial charge in [-0.05, 0) is 24.1 Å². The maximum absolute atomic E-state index is 11.2. The van der Waals surface area contributed by atoms with Crippen molar-refractivity contribution in [3.05, 3.63) is 28.2 Å². The minimum atomic E-state index is -1.10. The third-order valence-electron chi connectivity index (χ3n) is 2.85. The second kappa shape index (κ2) is 6.20. The summed E-state index contributed by atoms with van der Waals surface area (Å²) in [6, 6.07) is 5.16. The van der Waals surface area contributed by atoms with Gasteiger partial charge in [0.1, 0.15) is 5.75 Å². The summed E-state index contributed by atoms with van der Waals surface area (Å²) in [5, 5.41) is 19.5. The lowest BCUT2D eigenvalue weighted by Crippen LogP contribution is -2.27. The summed E-state index contributed by atoms with van der Waals surface area (Å²) in [4.78, 5) is 11.2. The summed E-state index contributed by atoms with van der Waals surface area (Å²) in [6.45, 7) is 3.54. The number of carbonyl (C=O) groups is 1. The molecule has 0 bridgehead atoms. The van der Waals surface area contributed by atoms with Crippen molar-refractivity contribution in [3.63, 3.8) is 0 Å². The third-order valence-corrected chi connectivity index (χ3v) is 3.35. The lowest BCUT2D eigenvalue weighted by Gasteiger charge is -2.24. The smallest absolute Gasteiger partial charge is 0.309 e. The van der Waals surface area contributed by atoms with Crippen LogP contribution < -0.4 is 4.74 Å². The van der Waals surface area contributed by atoms with Gasteiger partial charge >= 0.3 is 5.97 Å². The zero-order valence-corrected chi connectivity index (χ0v) is 12.1. The van der Waals surface area contributed by atoms with Gasteiger partial charge in [-0.2, -0.15) is 0 Å². The van der Waals surface area contributed by atoms with E-state index in [0.29, 0.717) is 11.3 Å². The van der Waals surface area contributed by atoms with E-state index in [0.717, 1.165) is 4.47 Å². The van der Waals surface area contributed by atoms with E-state index in [9.17, 15) is 15.0 Å². The Morgan fingerprint density at radius 2 is 2.00 bits per heavy atom. The summed E-state index contributed by atoms with van der Waals surface area (Å²) in [7, 11) is 1.49. The molecule has 1 aromatic rings. The number of benzene rings is 1. The van der Waals surface area contributed by atoms with Gasteiger partial charge < -0.3 is 14.9 Å². The Kier molecular flexibility index (Phi) is 5.16. The zero-order valence-electron chi connectivity index (χ0n) is 10.6. The van der Waals surface area contributed by atoms with Crippen LogP contribution >= 0.6 is 15.9 Å². The van der Waals surface area contributed by atoms with Crippen LogP contribution in [0.1, 0.15) is 25.5 Å². The monoisotopic (exact) mass is 316 g/mol. The maximum Gasteiger partial charge on any atom is 0.309 e. The Hall–Kier alpha value is -1.07. The van der Waals surface area contributed by atoms with Gasteiger partial charge in [0, 0.05) is 10.0 Å². The first-order valence-electron chi connectivity index (χ1n) is 5.62. The van der Waals surface area contributed by atoms with Crippen LogP contribution in [-0.4, -0.2) is 23.3 Å². The molecule has 0 spiro atoms. The highest BCUT2D eigenvalue weighted by Gasteiger charge is 2.32. The number of aliphatic carboxylic acids is 1. The minimum absolute atomic E-state index is 0.179. The topological polar surface area (TPSA) is 66.8 Å². The van der Waals surface area contributed by atoms with Gasteiger partial charge in [0.2, 0.25) is 0 Å². The van der Waals surface area contributed by atoms with Crippen molar-refractivity contribution >= 4 is 21.9 Å². The highest BCUT2D eigenvalue weighted by molar-refractivity contribution is 9.10. The molecule has 2 unspecified atom stereocenters. The second-order valence-corrected chi connectivity index (χ2v) is 5.35. The molecule has 0 amide bonds. The summed E-state index contributed by atoms with van der Waals surface area (Å²) in [6.07, 6.45) is -1.10. The molecule has 0 saturated heterocycles. The Morgan fingerprint density at radius 3 is 2.44 bits per heavy atom. The Morgan fingerprint density at radius 1 is 1.39 bits per heavy atom. The zero-order chi connectivity index (χ0) is 13.9. The molecule has 0 aliphatic rings. The fraction of sp³-hybridized carbons (Fsp3) is 0.462. The molecule has 0 fully saturated rings. The van der Waals surface area contributed by atoms with Gasteiger partial charge in [-0.15, -0.1) is 0 Å². The van der Waals surface area contributed by atoms with E-state index in [1.807, 2.05) is 0 Å². The molecule has 4 nitrogen and oxygen atoms in total. The van der Waals surface area contributed by atoms with E-state index < -0.39 is 18.0 Å². The first kappa shape index (κ1) is 15.0. The number of aliphatic hydroxyl groups is 1. The van der Waals surface area contributed by atoms with Crippen LogP contribution in [0.4, 0.5) is 0 Å². The number of aliphatic hydroxyl groups excluding tert-OH is 1. The number of carboxylic acid groups (broad SMARTS) is 1. The molecule has 2 N–H and O–H groups in total. The molecule has 0 saturated carbocycles. The summed E-state index contributed by atoms with van der Waals surface area (Å²) in [5.41, 5.74) is 0.480. The molecular weight excluding hydrogens is 300 g/mol. The molecule has 0 heterocycles. The molecule has 5 heteroatoms. The standard InChI is InChI=1S/C13H17BrO4/c1-7(2)11(13(16)17)12(15)9-6-8(14)4-5-10(9)18-3/h4-7,11-12,15H,1-3H3,(H,16,17). The van der Waals surface area contributed by atoms with Crippen molar-refractivity contribution in [2.75, 3.05) is 7.11 Å². The van der Waals surface area contributed by atoms with Gasteiger partial charge in [-0.25, -0.2) is 0 Å². The van der Waals surface area contributed by atoms with Crippen LogP contribution in [0.3, 0.4) is 0 Å². The van der Waals surface area contributed by atoms with Crippen molar-refractivity contribution in [1.82, 2.24) is 0 Å². The van der Waals surface area contributed by atoms with E-state index in [4.69, 9.17) is 4.74 Å². The van der Waals surface area contributed by atoms with E-state index in [2.05, 4.69) is 15.9 Å². The van der Waals surface area contributed by atoms with E-state index in [1.165, 1.54) is 7.11 Å². The predicted octanol–water partition coefficient (Wildman–Crippen LogP) is 2.85. The highest BCUT2D eigenvalue weighted by atomic mass is 79.9. The first-order chi connectivity index (χ1) is 8.38. The van der Waals surface area contributed by atoms with E-state index >= 15 is 0 Å². The molecule has 100 valence electrons. The van der Waals surface area contributed by atoms with Crippen LogP contribution in [0.5, 0.6) is 5.75 Å². The summed E-state index contributed by atoms with van der Waals surface area (Å²) in [5.74, 6) is -1.58. The van der Waals surface area contributed by atoms with Crippen LogP contribution in [0, 0.1) is 11.8 Å². The highest BCUT2D eigenvalue weighted by Crippen LogP contribution is 2.35. The number of ether oxygens (including phenoxy) is 1. The Bertz CT molecular complexity index is 431. The van der Waals surface area contributed by atoms with Crippen molar-refractivity contribution in [2.45, 2.75) is 20.0 Å². The fourth-order valence-corrected chi connectivity index (χ4v) is 2.29. The molecule has 1 rings (SSSR count). The molecule has 0 aromatic heterocycles. The van der Waals surface area contributed by atoms with Crippen LogP contribution in [0.2, 0.25) is 0 Å². The Balaban J connectivity index is 3.19. The number of hydrogen-bond donors (Lipinski definition) is 2. The summed E-state index contributed by atoms with van der Waals surface area (Å²) < 4.78 is 5.93. The number of halogens is 1. The fourth-order valence-electron chi connectivity index (χ4n) is 1.91. The van der Waals surface area contributed by atoms with Gasteiger partial charge in [-0.1, -0.05) is 29.8 Å². The molecule has 0 aliphatic carbocycles. The number of rotatable bonds is 5. The van der Waals surface area contributed by atoms with Gasteiger partial charge in [-0.3, -0.25) is 4.79 Å². The molecule has 1 aromatic carbocycles. The number of methoxy groups -OCH3 is 1. The first-order valence-corrected chi connectivity index (χ1v) is 6.42. The number of hydrogen-bond acceptors (Lipinski definition) is 3. The van der Waals surface area contributed by atoms with Gasteiger partial charge in [0.25, 0.3) is 0 Å². The maximum atomic E-state index is 11.2. The molecule has 18 heavy (non-hydrogen) atoms. The molecule has 0 aliphatic heterocycles. The van der Waals surface area contributed by atoms with Crippen molar-refractivity contribution in [2.24, 2.45) is 11.8 Å². The largest absolute Gasteiger partial charge is 0.496 e. The lowest BCUT2D eigenvalue weighted by molar-refractivity contribution is -0.148. The third kappa shape index (κ3) is 3.23. The number of carboxylic acids is 1. The van der Waals surface area contributed by atoms with Crippen LogP contribution in [0.15, 0.2) is 22.7 Å². The SMILES string of the molecule is COc1ccc(Br)cc1C(O)C(C(=O)O)C(C)C. The Labute approximate surface area is 115 Å². The lowest BCUT2D eigenvalue weighted by atomic mass is 9.86. The van der Waals surface area contributed by atoms with Crippen molar-refractivity contribution in [3.8, 4) is 5.75 Å².